The topological polar surface area (TPSA) is 59.2 Å². The van der Waals surface area contributed by atoms with Gasteiger partial charge < -0.3 is 9.52 Å². The maximum Gasteiger partial charge on any atom is 0.247 e. The van der Waals surface area contributed by atoms with Crippen LogP contribution in [0, 0.1) is 0 Å². The molecule has 0 amide bonds. The van der Waals surface area contributed by atoms with Crippen LogP contribution in [-0.2, 0) is 0 Å². The number of aromatic hydroxyl groups is 1. The minimum absolute atomic E-state index is 0.237. The molecular formula is C11H10N2O2. The van der Waals surface area contributed by atoms with Gasteiger partial charge in [0.2, 0.25) is 11.8 Å². The van der Waals surface area contributed by atoms with Gasteiger partial charge in [-0.25, -0.2) is 0 Å². The van der Waals surface area contributed by atoms with Crippen LogP contribution in [0.2, 0.25) is 0 Å². The molecule has 0 spiro atoms. The van der Waals surface area contributed by atoms with E-state index in [9.17, 15) is 0 Å². The molecule has 1 saturated carbocycles. The molecule has 1 aromatic carbocycles. The Morgan fingerprint density at radius 1 is 1.13 bits per heavy atom. The fraction of sp³-hybridized carbons (Fsp3) is 0.273. The smallest absolute Gasteiger partial charge is 0.247 e. The standard InChI is InChI=1S/C11H10N2O2/c14-9-5-3-8(4-6-9)11-13-12-10(15-11)7-1-2-7/h3-7,14H,1-2H2. The molecule has 76 valence electrons. The van der Waals surface area contributed by atoms with E-state index < -0.39 is 0 Å². The molecule has 0 aliphatic heterocycles. The highest BCUT2D eigenvalue weighted by Gasteiger charge is 2.29. The SMILES string of the molecule is Oc1ccc(-c2nnc(C3CC3)o2)cc1. The minimum atomic E-state index is 0.237. The highest BCUT2D eigenvalue weighted by atomic mass is 16.4. The summed E-state index contributed by atoms with van der Waals surface area (Å²) in [5.41, 5.74) is 0.840. The Morgan fingerprint density at radius 2 is 1.87 bits per heavy atom. The van der Waals surface area contributed by atoms with Crippen LogP contribution < -0.4 is 0 Å². The third-order valence-corrected chi connectivity index (χ3v) is 2.48. The molecule has 3 rings (SSSR count). The average molecular weight is 202 g/mol. The van der Waals surface area contributed by atoms with Gasteiger partial charge in [-0.3, -0.25) is 0 Å². The lowest BCUT2D eigenvalue weighted by atomic mass is 10.2. The van der Waals surface area contributed by atoms with Gasteiger partial charge in [-0.1, -0.05) is 0 Å². The molecule has 1 aliphatic carbocycles. The van der Waals surface area contributed by atoms with Crippen molar-refractivity contribution in [3.63, 3.8) is 0 Å². The Kier molecular flexibility index (Phi) is 1.74. The van der Waals surface area contributed by atoms with E-state index in [1.807, 2.05) is 0 Å². The van der Waals surface area contributed by atoms with Crippen molar-refractivity contribution >= 4 is 0 Å². The summed E-state index contributed by atoms with van der Waals surface area (Å²) in [4.78, 5) is 0. The predicted molar refractivity (Wildman–Crippen MR) is 53.4 cm³/mol. The molecule has 2 aromatic rings. The maximum absolute atomic E-state index is 9.14. The van der Waals surface area contributed by atoms with Crippen LogP contribution in [0.25, 0.3) is 11.5 Å². The van der Waals surface area contributed by atoms with E-state index in [2.05, 4.69) is 10.2 Å². The molecule has 0 bridgehead atoms. The fourth-order valence-electron chi connectivity index (χ4n) is 1.45. The van der Waals surface area contributed by atoms with Gasteiger partial charge in [0.1, 0.15) is 5.75 Å². The number of hydrogen-bond donors (Lipinski definition) is 1. The predicted octanol–water partition coefficient (Wildman–Crippen LogP) is 2.32. The zero-order valence-electron chi connectivity index (χ0n) is 8.05. The van der Waals surface area contributed by atoms with Gasteiger partial charge >= 0.3 is 0 Å². The fourth-order valence-corrected chi connectivity index (χ4v) is 1.45. The van der Waals surface area contributed by atoms with Gasteiger partial charge in [0, 0.05) is 11.5 Å². The highest BCUT2D eigenvalue weighted by Crippen LogP contribution is 2.39. The van der Waals surface area contributed by atoms with E-state index in [4.69, 9.17) is 9.52 Å². The summed E-state index contributed by atoms with van der Waals surface area (Å²) in [5, 5.41) is 17.1. The van der Waals surface area contributed by atoms with Crippen molar-refractivity contribution in [2.24, 2.45) is 0 Å². The number of benzene rings is 1. The summed E-state index contributed by atoms with van der Waals surface area (Å²) >= 11 is 0. The molecule has 4 nitrogen and oxygen atoms in total. The lowest BCUT2D eigenvalue weighted by Gasteiger charge is -1.94. The molecule has 1 aliphatic rings. The second-order valence-corrected chi connectivity index (χ2v) is 3.77. The molecule has 1 N–H and O–H groups in total. The second kappa shape index (κ2) is 3.08. The molecule has 0 radical (unpaired) electrons. The maximum atomic E-state index is 9.14. The number of nitrogens with zero attached hydrogens (tertiary/aromatic N) is 2. The molecule has 4 heteroatoms. The summed E-state index contributed by atoms with van der Waals surface area (Å²) in [6.45, 7) is 0. The third kappa shape index (κ3) is 1.58. The molecule has 1 heterocycles. The number of phenols is 1. The summed E-state index contributed by atoms with van der Waals surface area (Å²) in [6.07, 6.45) is 2.30. The molecule has 1 fully saturated rings. The van der Waals surface area contributed by atoms with Crippen LogP contribution >= 0.6 is 0 Å². The van der Waals surface area contributed by atoms with Gasteiger partial charge in [0.05, 0.1) is 0 Å². The van der Waals surface area contributed by atoms with Crippen LogP contribution in [-0.4, -0.2) is 15.3 Å². The first-order valence-corrected chi connectivity index (χ1v) is 4.96. The summed E-state index contributed by atoms with van der Waals surface area (Å²) in [7, 11) is 0. The van der Waals surface area contributed by atoms with Crippen molar-refractivity contribution < 1.29 is 9.52 Å². The van der Waals surface area contributed by atoms with Crippen LogP contribution in [0.15, 0.2) is 28.7 Å². The lowest BCUT2D eigenvalue weighted by molar-refractivity contribution is 0.475. The second-order valence-electron chi connectivity index (χ2n) is 3.77. The van der Waals surface area contributed by atoms with Crippen molar-refractivity contribution in [2.45, 2.75) is 18.8 Å². The molecule has 0 saturated heterocycles. The zero-order chi connectivity index (χ0) is 10.3. The molecule has 0 unspecified atom stereocenters. The van der Waals surface area contributed by atoms with Gasteiger partial charge in [-0.05, 0) is 37.1 Å². The number of phenolic OH excluding ortho intramolecular Hbond substituents is 1. The van der Waals surface area contributed by atoms with Crippen molar-refractivity contribution in [2.75, 3.05) is 0 Å². The van der Waals surface area contributed by atoms with Crippen LogP contribution in [0.3, 0.4) is 0 Å². The minimum Gasteiger partial charge on any atom is -0.508 e. The van der Waals surface area contributed by atoms with E-state index in [0.29, 0.717) is 11.8 Å². The van der Waals surface area contributed by atoms with Crippen LogP contribution in [0.5, 0.6) is 5.75 Å². The van der Waals surface area contributed by atoms with Crippen molar-refractivity contribution in [1.29, 1.82) is 0 Å². The first-order chi connectivity index (χ1) is 7.33. The van der Waals surface area contributed by atoms with Gasteiger partial charge in [-0.15, -0.1) is 10.2 Å². The number of aromatic nitrogens is 2. The average Bonchev–Trinajstić information content (AvgIpc) is 2.99. The zero-order valence-corrected chi connectivity index (χ0v) is 8.05. The Hall–Kier alpha value is -1.84. The highest BCUT2D eigenvalue weighted by molar-refractivity contribution is 5.53. The van der Waals surface area contributed by atoms with E-state index in [0.717, 1.165) is 24.3 Å². The Morgan fingerprint density at radius 3 is 2.53 bits per heavy atom. The van der Waals surface area contributed by atoms with Gasteiger partial charge in [0.25, 0.3) is 0 Å². The van der Waals surface area contributed by atoms with Crippen molar-refractivity contribution in [3.05, 3.63) is 30.2 Å². The normalized spacial score (nSPS) is 15.5. The lowest BCUT2D eigenvalue weighted by Crippen LogP contribution is -1.76. The monoisotopic (exact) mass is 202 g/mol. The van der Waals surface area contributed by atoms with Crippen molar-refractivity contribution in [1.82, 2.24) is 10.2 Å². The first-order valence-electron chi connectivity index (χ1n) is 4.96. The van der Waals surface area contributed by atoms with Crippen LogP contribution in [0.4, 0.5) is 0 Å². The molecule has 1 aromatic heterocycles. The Balaban J connectivity index is 1.93. The molecule has 0 atom stereocenters. The number of rotatable bonds is 2. The summed E-state index contributed by atoms with van der Waals surface area (Å²) in [5.74, 6) is 1.97. The van der Waals surface area contributed by atoms with Crippen molar-refractivity contribution in [3.8, 4) is 17.2 Å². The van der Waals surface area contributed by atoms with E-state index in [-0.39, 0.29) is 5.75 Å². The molecular weight excluding hydrogens is 192 g/mol. The number of hydrogen-bond acceptors (Lipinski definition) is 4. The van der Waals surface area contributed by atoms with Gasteiger partial charge in [0.15, 0.2) is 0 Å². The quantitative estimate of drug-likeness (QED) is 0.811. The van der Waals surface area contributed by atoms with E-state index in [1.165, 1.54) is 0 Å². The Labute approximate surface area is 86.6 Å². The van der Waals surface area contributed by atoms with E-state index in [1.54, 1.807) is 24.3 Å². The Bertz CT molecular complexity index is 472. The summed E-state index contributed by atoms with van der Waals surface area (Å²) < 4.78 is 5.53. The van der Waals surface area contributed by atoms with Gasteiger partial charge in [-0.2, -0.15) is 0 Å². The third-order valence-electron chi connectivity index (χ3n) is 2.48. The van der Waals surface area contributed by atoms with Crippen LogP contribution in [0.1, 0.15) is 24.7 Å². The molecule has 15 heavy (non-hydrogen) atoms. The van der Waals surface area contributed by atoms with E-state index >= 15 is 0 Å². The first kappa shape index (κ1) is 8.47. The largest absolute Gasteiger partial charge is 0.508 e. The summed E-state index contributed by atoms with van der Waals surface area (Å²) in [6, 6.07) is 6.74.